The molecule has 4 heteroatoms. The van der Waals surface area contributed by atoms with Crippen molar-refractivity contribution in [3.05, 3.63) is 52.9 Å². The number of nitrogens with one attached hydrogen (secondary N) is 2. The van der Waals surface area contributed by atoms with Crippen LogP contribution in [-0.4, -0.2) is 24.2 Å². The quantitative estimate of drug-likeness (QED) is 0.429. The fourth-order valence-electron chi connectivity index (χ4n) is 4.84. The first kappa shape index (κ1) is 21.9. The Morgan fingerprint density at radius 1 is 1.24 bits per heavy atom. The first-order chi connectivity index (χ1) is 14.2. The van der Waals surface area contributed by atoms with Crippen LogP contribution >= 0.6 is 0 Å². The van der Waals surface area contributed by atoms with Gasteiger partial charge in [-0.3, -0.25) is 0 Å². The van der Waals surface area contributed by atoms with Crippen molar-refractivity contribution < 1.29 is 0 Å². The Kier molecular flexibility index (Phi) is 8.19. The van der Waals surface area contributed by atoms with E-state index >= 15 is 0 Å². The summed E-state index contributed by atoms with van der Waals surface area (Å²) in [5.74, 6) is 1.27. The van der Waals surface area contributed by atoms with Crippen molar-refractivity contribution in [1.82, 2.24) is 9.88 Å². The number of fused-ring (bicyclic) bond motifs is 2. The number of hydrogen-bond donors (Lipinski definition) is 3. The minimum Gasteiger partial charge on any atom is -0.348 e. The lowest BCUT2D eigenvalue weighted by molar-refractivity contribution is 0.579. The molecule has 2 heterocycles. The van der Waals surface area contributed by atoms with Crippen LogP contribution in [0, 0.1) is 6.92 Å². The van der Waals surface area contributed by atoms with Gasteiger partial charge in [-0.25, -0.2) is 0 Å². The van der Waals surface area contributed by atoms with Gasteiger partial charge in [-0.15, -0.1) is 6.58 Å². The smallest absolute Gasteiger partial charge is 0.113 e. The summed E-state index contributed by atoms with van der Waals surface area (Å²) in [5, 5.41) is 7.03. The molecule has 0 saturated heterocycles. The normalized spacial score (nSPS) is 23.1. The zero-order valence-electron chi connectivity index (χ0n) is 18.5. The average molecular weight is 397 g/mol. The molecule has 1 aromatic rings. The van der Waals surface area contributed by atoms with E-state index in [9.17, 15) is 0 Å². The fraction of sp³-hybridized carbons (Fsp3) is 0.600. The van der Waals surface area contributed by atoms with Gasteiger partial charge in [0, 0.05) is 24.5 Å². The number of allylic oxidation sites excluding steroid dienone is 3. The molecule has 0 spiro atoms. The molecule has 0 radical (unpaired) electrons. The number of unbranched alkanes of at least 4 members (excludes halogenated alkanes) is 1. The fourth-order valence-corrected chi connectivity index (χ4v) is 4.84. The average Bonchev–Trinajstić information content (AvgIpc) is 2.83. The van der Waals surface area contributed by atoms with Crippen molar-refractivity contribution >= 4 is 5.82 Å². The number of hydrogen-bond acceptors (Lipinski definition) is 3. The number of nitrogens with zero attached hydrogens (tertiary/aromatic N) is 1. The number of anilines is 1. The Bertz CT molecular complexity index is 753. The Hall–Kier alpha value is -1.78. The van der Waals surface area contributed by atoms with E-state index in [-0.39, 0.29) is 6.04 Å². The molecule has 1 unspecified atom stereocenters. The van der Waals surface area contributed by atoms with E-state index in [4.69, 9.17) is 5.73 Å². The second kappa shape index (κ2) is 10.8. The third-order valence-corrected chi connectivity index (χ3v) is 6.45. The van der Waals surface area contributed by atoms with Crippen LogP contribution < -0.4 is 16.4 Å². The third-order valence-electron chi connectivity index (χ3n) is 6.45. The molecule has 29 heavy (non-hydrogen) atoms. The lowest BCUT2D eigenvalue weighted by Gasteiger charge is -2.15. The molecule has 4 N–H and O–H groups in total. The molecule has 1 aliphatic heterocycles. The Balaban J connectivity index is 1.97. The number of nitrogens with two attached hydrogens (primary N) is 1. The van der Waals surface area contributed by atoms with Crippen molar-refractivity contribution in [1.29, 1.82) is 0 Å². The predicted molar refractivity (Wildman–Crippen MR) is 125 cm³/mol. The van der Waals surface area contributed by atoms with Crippen LogP contribution in [0.2, 0.25) is 0 Å². The Morgan fingerprint density at radius 2 is 2.03 bits per heavy atom. The molecule has 0 amide bonds. The highest BCUT2D eigenvalue weighted by molar-refractivity contribution is 5.58. The summed E-state index contributed by atoms with van der Waals surface area (Å²) < 4.78 is 2.54. The summed E-state index contributed by atoms with van der Waals surface area (Å²) in [6.45, 7) is 8.35. The maximum absolute atomic E-state index is 6.65. The van der Waals surface area contributed by atoms with Gasteiger partial charge in [0.15, 0.2) is 0 Å². The van der Waals surface area contributed by atoms with Gasteiger partial charge in [0.25, 0.3) is 0 Å². The Morgan fingerprint density at radius 3 is 2.79 bits per heavy atom. The van der Waals surface area contributed by atoms with E-state index in [2.05, 4.69) is 41.0 Å². The van der Waals surface area contributed by atoms with Crippen LogP contribution in [0.5, 0.6) is 0 Å². The van der Waals surface area contributed by atoms with Crippen molar-refractivity contribution in [3.63, 3.8) is 0 Å². The standard InChI is InChI=1S/C25H40N4/c1-4-5-13-24-19(2)23-17-22(26)16-20-11-7-6-8-12-21(20)18-28-25(23)29(24)15-10-9-14-27-3/h4,16,18,22,27-28H,1,5-15,17,26H2,2-3H3/b20-16-,21-18-. The van der Waals surface area contributed by atoms with E-state index in [1.54, 1.807) is 0 Å². The van der Waals surface area contributed by atoms with Gasteiger partial charge in [0.1, 0.15) is 5.82 Å². The largest absolute Gasteiger partial charge is 0.348 e. The van der Waals surface area contributed by atoms with Crippen molar-refractivity contribution in [3.8, 4) is 0 Å². The van der Waals surface area contributed by atoms with Gasteiger partial charge >= 0.3 is 0 Å². The summed E-state index contributed by atoms with van der Waals surface area (Å²) in [6, 6.07) is 0.0799. The topological polar surface area (TPSA) is 55.0 Å². The van der Waals surface area contributed by atoms with E-state index in [0.29, 0.717) is 0 Å². The molecule has 1 aliphatic carbocycles. The lowest BCUT2D eigenvalue weighted by atomic mass is 9.97. The van der Waals surface area contributed by atoms with Gasteiger partial charge in [-0.1, -0.05) is 18.6 Å². The van der Waals surface area contributed by atoms with E-state index in [0.717, 1.165) is 38.8 Å². The molecule has 0 aromatic carbocycles. The van der Waals surface area contributed by atoms with Crippen LogP contribution in [0.4, 0.5) is 5.82 Å². The van der Waals surface area contributed by atoms with E-state index < -0.39 is 0 Å². The zero-order chi connectivity index (χ0) is 20.6. The summed E-state index contributed by atoms with van der Waals surface area (Å²) >= 11 is 0. The van der Waals surface area contributed by atoms with Gasteiger partial charge in [-0.2, -0.15) is 0 Å². The van der Waals surface area contributed by atoms with Crippen LogP contribution in [0.1, 0.15) is 68.2 Å². The van der Waals surface area contributed by atoms with Crippen LogP contribution in [-0.2, 0) is 19.4 Å². The monoisotopic (exact) mass is 396 g/mol. The second-order valence-electron chi connectivity index (χ2n) is 8.62. The first-order valence-corrected chi connectivity index (χ1v) is 11.5. The first-order valence-electron chi connectivity index (χ1n) is 11.5. The minimum atomic E-state index is 0.0799. The zero-order valence-corrected chi connectivity index (χ0v) is 18.5. The summed E-state index contributed by atoms with van der Waals surface area (Å²) in [6.07, 6.45) is 18.2. The molecule has 160 valence electrons. The predicted octanol–water partition coefficient (Wildman–Crippen LogP) is 4.98. The molecule has 4 nitrogen and oxygen atoms in total. The highest BCUT2D eigenvalue weighted by Crippen LogP contribution is 2.34. The minimum absolute atomic E-state index is 0.0799. The second-order valence-corrected chi connectivity index (χ2v) is 8.62. The van der Waals surface area contributed by atoms with Gasteiger partial charge in [-0.05, 0) is 101 Å². The van der Waals surface area contributed by atoms with Crippen LogP contribution in [0.25, 0.3) is 0 Å². The molecule has 2 aliphatic rings. The van der Waals surface area contributed by atoms with E-state index in [1.165, 1.54) is 72.3 Å². The molecular formula is C25H40N4. The molecule has 3 rings (SSSR count). The number of aromatic nitrogens is 1. The SMILES string of the molecule is C=CCCc1c(C)c2c(n1CCCCNC)N/C=C1/CCCCC/C1=C/C(N)C2. The van der Waals surface area contributed by atoms with Gasteiger partial charge < -0.3 is 20.9 Å². The summed E-state index contributed by atoms with van der Waals surface area (Å²) in [4.78, 5) is 0. The molecule has 1 fully saturated rings. The highest BCUT2D eigenvalue weighted by atomic mass is 15.1. The molecule has 1 saturated carbocycles. The molecular weight excluding hydrogens is 356 g/mol. The molecule has 1 aromatic heterocycles. The Labute approximate surface area is 177 Å². The van der Waals surface area contributed by atoms with E-state index in [1.807, 2.05) is 13.1 Å². The lowest BCUT2D eigenvalue weighted by Crippen LogP contribution is -2.21. The summed E-state index contributed by atoms with van der Waals surface area (Å²) in [7, 11) is 2.03. The maximum Gasteiger partial charge on any atom is 0.113 e. The maximum atomic E-state index is 6.65. The van der Waals surface area contributed by atoms with Crippen LogP contribution in [0.15, 0.2) is 36.1 Å². The third kappa shape index (κ3) is 5.43. The highest BCUT2D eigenvalue weighted by Gasteiger charge is 2.23. The summed E-state index contributed by atoms with van der Waals surface area (Å²) in [5.41, 5.74) is 13.8. The van der Waals surface area contributed by atoms with Crippen LogP contribution in [0.3, 0.4) is 0 Å². The van der Waals surface area contributed by atoms with Gasteiger partial charge in [0.05, 0.1) is 0 Å². The number of rotatable bonds is 8. The van der Waals surface area contributed by atoms with Crippen molar-refractivity contribution in [2.75, 3.05) is 18.9 Å². The molecule has 1 atom stereocenters. The van der Waals surface area contributed by atoms with Crippen molar-refractivity contribution in [2.45, 2.75) is 83.7 Å². The van der Waals surface area contributed by atoms with Gasteiger partial charge in [0.2, 0.25) is 0 Å². The molecule has 0 bridgehead atoms. The van der Waals surface area contributed by atoms with Crippen molar-refractivity contribution in [2.24, 2.45) is 5.73 Å².